The molecule has 0 radical (unpaired) electrons. The molecule has 10 nitrogen and oxygen atoms in total. The predicted molar refractivity (Wildman–Crippen MR) is 142 cm³/mol. The highest BCUT2D eigenvalue weighted by Gasteiger charge is 2.31. The number of nitrogens with one attached hydrogen (secondary N) is 1. The molecule has 1 aromatic carbocycles. The van der Waals surface area contributed by atoms with Crippen molar-refractivity contribution in [2.24, 2.45) is 0 Å². The van der Waals surface area contributed by atoms with E-state index in [9.17, 15) is 9.35 Å². The van der Waals surface area contributed by atoms with Crippen molar-refractivity contribution in [1.29, 1.82) is 0 Å². The second kappa shape index (κ2) is 10.4. The third-order valence-corrected chi connectivity index (χ3v) is 7.54. The fraction of sp³-hybridized carbons (Fsp3) is 0.385. The first-order valence-corrected chi connectivity index (χ1v) is 13.8. The predicted octanol–water partition coefficient (Wildman–Crippen LogP) is 3.85. The topological polar surface area (TPSA) is 131 Å². The van der Waals surface area contributed by atoms with Gasteiger partial charge in [-0.15, -0.1) is 0 Å². The molecule has 0 bridgehead atoms. The van der Waals surface area contributed by atoms with Crippen molar-refractivity contribution in [3.63, 3.8) is 0 Å². The van der Waals surface area contributed by atoms with Gasteiger partial charge in [0.2, 0.25) is 5.88 Å². The van der Waals surface area contributed by atoms with Gasteiger partial charge >= 0.3 is 0 Å². The molecule has 192 valence electrons. The monoisotopic (exact) mass is 519 g/mol. The van der Waals surface area contributed by atoms with Gasteiger partial charge in [0, 0.05) is 18.5 Å². The Labute approximate surface area is 217 Å². The molecule has 1 aliphatic rings. The molecule has 37 heavy (non-hydrogen) atoms. The highest BCUT2D eigenvalue weighted by molar-refractivity contribution is 7.90. The fourth-order valence-electron chi connectivity index (χ4n) is 4.23. The number of aromatic nitrogens is 6. The standard InChI is InChI=1S/C26H29N7O3S/c1-5-15(2)33-24-19(31-23(26(33)34)27-12-16-6-10-18(11-7-16)37(4)35)13-28-22(32-24)20-21(17-8-9-17)29-14-30-25(20)36-3/h6-7,10-11,13-15,17H,5,8-9,12H2,1-4H3,(H,27,31)/t15-,37?/m1/s1. The molecule has 3 heterocycles. The number of nitrogens with zero attached hydrogens (tertiary/aromatic N) is 6. The van der Waals surface area contributed by atoms with Gasteiger partial charge in [0.1, 0.15) is 23.7 Å². The third kappa shape index (κ3) is 5.01. The molecule has 0 aliphatic heterocycles. The van der Waals surface area contributed by atoms with E-state index in [2.05, 4.69) is 25.3 Å². The first-order valence-electron chi connectivity index (χ1n) is 12.3. The Hall–Kier alpha value is -3.57. The molecule has 0 saturated heterocycles. The molecule has 0 spiro atoms. The maximum Gasteiger partial charge on any atom is 0.295 e. The number of anilines is 1. The zero-order valence-corrected chi connectivity index (χ0v) is 22.1. The van der Waals surface area contributed by atoms with E-state index in [1.54, 1.807) is 24.1 Å². The summed E-state index contributed by atoms with van der Waals surface area (Å²) >= 11 is -1.04. The van der Waals surface area contributed by atoms with E-state index in [4.69, 9.17) is 9.72 Å². The van der Waals surface area contributed by atoms with Crippen molar-refractivity contribution >= 4 is 28.2 Å². The van der Waals surface area contributed by atoms with Crippen molar-refractivity contribution in [2.75, 3.05) is 18.7 Å². The highest BCUT2D eigenvalue weighted by atomic mass is 32.2. The lowest BCUT2D eigenvalue weighted by Gasteiger charge is -2.18. The Bertz CT molecular complexity index is 1490. The number of benzene rings is 1. The van der Waals surface area contributed by atoms with Crippen LogP contribution in [-0.4, -0.2) is 47.4 Å². The van der Waals surface area contributed by atoms with E-state index >= 15 is 0 Å². The van der Waals surface area contributed by atoms with Gasteiger partial charge in [0.15, 0.2) is 22.2 Å². The molecular weight excluding hydrogens is 490 g/mol. The number of ether oxygens (including phenoxy) is 1. The molecule has 0 amide bonds. The Kier molecular flexibility index (Phi) is 7.07. The summed E-state index contributed by atoms with van der Waals surface area (Å²) in [6.45, 7) is 4.40. The Balaban J connectivity index is 1.56. The Morgan fingerprint density at radius 1 is 1.19 bits per heavy atom. The first kappa shape index (κ1) is 25.1. The number of hydrogen-bond acceptors (Lipinski definition) is 9. The average Bonchev–Trinajstić information content (AvgIpc) is 3.76. The van der Waals surface area contributed by atoms with Crippen LogP contribution in [0.4, 0.5) is 5.82 Å². The fourth-order valence-corrected chi connectivity index (χ4v) is 4.75. The van der Waals surface area contributed by atoms with E-state index < -0.39 is 11.2 Å². The van der Waals surface area contributed by atoms with Gasteiger partial charge in [-0.3, -0.25) is 9.36 Å². The SMILES string of the molecule is CC[C@@H](C)n1c(=O)c(NCc2ccc([S+](C)[O-])cc2)nc2cnc(-c3c(OC)ncnc3C3CC3)nc21. The minimum atomic E-state index is -1.04. The largest absolute Gasteiger partial charge is 0.612 e. The molecule has 11 heteroatoms. The van der Waals surface area contributed by atoms with Crippen LogP contribution in [0, 0.1) is 0 Å². The molecule has 2 atom stereocenters. The van der Waals surface area contributed by atoms with E-state index in [1.165, 1.54) is 6.33 Å². The Morgan fingerprint density at radius 2 is 1.95 bits per heavy atom. The second-order valence-corrected chi connectivity index (χ2v) is 10.5. The van der Waals surface area contributed by atoms with Crippen LogP contribution in [0.3, 0.4) is 0 Å². The number of methoxy groups -OCH3 is 1. The normalized spacial score (nSPS) is 14.9. The van der Waals surface area contributed by atoms with Crippen molar-refractivity contribution in [3.05, 3.63) is 58.4 Å². The van der Waals surface area contributed by atoms with Crippen LogP contribution < -0.4 is 15.6 Å². The first-order chi connectivity index (χ1) is 17.9. The molecule has 3 aromatic heterocycles. The van der Waals surface area contributed by atoms with Crippen LogP contribution in [0.1, 0.15) is 56.3 Å². The van der Waals surface area contributed by atoms with Gasteiger partial charge in [0.05, 0.1) is 19.0 Å². The maximum atomic E-state index is 13.6. The van der Waals surface area contributed by atoms with Crippen molar-refractivity contribution in [2.45, 2.75) is 56.5 Å². The zero-order chi connectivity index (χ0) is 26.1. The highest BCUT2D eigenvalue weighted by Crippen LogP contribution is 2.44. The van der Waals surface area contributed by atoms with Gasteiger partial charge in [-0.2, -0.15) is 0 Å². The summed E-state index contributed by atoms with van der Waals surface area (Å²) in [6, 6.07) is 7.31. The minimum Gasteiger partial charge on any atom is -0.612 e. The van der Waals surface area contributed by atoms with Crippen LogP contribution in [0.15, 0.2) is 46.5 Å². The van der Waals surface area contributed by atoms with Crippen molar-refractivity contribution in [3.8, 4) is 17.3 Å². The van der Waals surface area contributed by atoms with Crippen LogP contribution in [0.25, 0.3) is 22.6 Å². The summed E-state index contributed by atoms with van der Waals surface area (Å²) in [4.78, 5) is 37.1. The maximum absolute atomic E-state index is 13.6. The van der Waals surface area contributed by atoms with E-state index in [0.29, 0.717) is 40.9 Å². The minimum absolute atomic E-state index is 0.114. The molecule has 4 aromatic rings. The molecule has 1 fully saturated rings. The molecule has 1 saturated carbocycles. The van der Waals surface area contributed by atoms with Crippen LogP contribution in [0.2, 0.25) is 0 Å². The van der Waals surface area contributed by atoms with Gasteiger partial charge in [-0.05, 0) is 55.1 Å². The summed E-state index contributed by atoms with van der Waals surface area (Å²) in [5.74, 6) is 1.39. The lowest BCUT2D eigenvalue weighted by molar-refractivity contribution is 0.397. The van der Waals surface area contributed by atoms with Crippen LogP contribution in [0.5, 0.6) is 5.88 Å². The zero-order valence-electron chi connectivity index (χ0n) is 21.3. The van der Waals surface area contributed by atoms with E-state index in [0.717, 1.165) is 35.4 Å². The Morgan fingerprint density at radius 3 is 2.59 bits per heavy atom. The van der Waals surface area contributed by atoms with Gasteiger partial charge in [0.25, 0.3) is 5.56 Å². The van der Waals surface area contributed by atoms with Crippen molar-refractivity contribution < 1.29 is 9.29 Å². The molecular formula is C26H29N7O3S. The average molecular weight is 520 g/mol. The number of rotatable bonds is 9. The lowest BCUT2D eigenvalue weighted by atomic mass is 10.1. The summed E-state index contributed by atoms with van der Waals surface area (Å²) in [6.07, 6.45) is 7.61. The van der Waals surface area contributed by atoms with Gasteiger partial charge in [-0.25, -0.2) is 24.9 Å². The summed E-state index contributed by atoms with van der Waals surface area (Å²) in [5.41, 5.74) is 3.19. The molecule has 1 aliphatic carbocycles. The molecule has 5 rings (SSSR count). The summed E-state index contributed by atoms with van der Waals surface area (Å²) < 4.78 is 18.9. The van der Waals surface area contributed by atoms with E-state index in [-0.39, 0.29) is 17.4 Å². The molecule has 1 N–H and O–H groups in total. The lowest BCUT2D eigenvalue weighted by Crippen LogP contribution is -2.28. The smallest absolute Gasteiger partial charge is 0.295 e. The second-order valence-electron chi connectivity index (χ2n) is 9.16. The van der Waals surface area contributed by atoms with Gasteiger partial charge < -0.3 is 14.6 Å². The summed E-state index contributed by atoms with van der Waals surface area (Å²) in [7, 11) is 1.56. The van der Waals surface area contributed by atoms with Gasteiger partial charge in [-0.1, -0.05) is 19.1 Å². The number of hydrogen-bond donors (Lipinski definition) is 1. The van der Waals surface area contributed by atoms with Crippen LogP contribution in [-0.2, 0) is 17.7 Å². The van der Waals surface area contributed by atoms with Crippen molar-refractivity contribution in [1.82, 2.24) is 29.5 Å². The summed E-state index contributed by atoms with van der Waals surface area (Å²) in [5, 5.41) is 3.17. The van der Waals surface area contributed by atoms with Crippen LogP contribution >= 0.6 is 0 Å². The molecule has 1 unspecified atom stereocenters. The third-order valence-electron chi connectivity index (χ3n) is 6.60. The number of fused-ring (bicyclic) bond motifs is 1. The van der Waals surface area contributed by atoms with E-state index in [1.807, 2.05) is 38.1 Å². The quantitative estimate of drug-likeness (QED) is 0.328.